The second-order valence-electron chi connectivity index (χ2n) is 7.04. The summed E-state index contributed by atoms with van der Waals surface area (Å²) >= 11 is 11.5. The standard InChI is InChI=1S/C22H20ClN3O6S/c1-4-31-18-11-14(9-16-20(27)24(2)22(33)25(3)21(16)28)10-17(23)19(18)32-12-13-5-7-15(8-6-13)26(29)30/h5-11H,4,12H2,1-3H3. The summed E-state index contributed by atoms with van der Waals surface area (Å²) in [7, 11) is 2.99. The van der Waals surface area contributed by atoms with Crippen LogP contribution in [0.1, 0.15) is 18.1 Å². The molecule has 2 aromatic rings. The SMILES string of the molecule is CCOc1cc(C=C2C(=O)N(C)C(=S)N(C)C2=O)cc(Cl)c1OCc1ccc([N+](=O)[O-])cc1. The molecule has 0 bridgehead atoms. The molecule has 1 fully saturated rings. The van der Waals surface area contributed by atoms with Crippen LogP contribution >= 0.6 is 23.8 Å². The molecule has 0 saturated carbocycles. The molecule has 0 unspecified atom stereocenters. The predicted octanol–water partition coefficient (Wildman–Crippen LogP) is 3.82. The first-order chi connectivity index (χ1) is 15.6. The van der Waals surface area contributed by atoms with Crippen molar-refractivity contribution in [3.05, 3.63) is 68.2 Å². The molecule has 1 saturated heterocycles. The molecule has 3 rings (SSSR count). The molecule has 2 amide bonds. The van der Waals surface area contributed by atoms with E-state index in [0.29, 0.717) is 23.5 Å². The van der Waals surface area contributed by atoms with E-state index in [1.54, 1.807) is 31.2 Å². The lowest BCUT2D eigenvalue weighted by Crippen LogP contribution is -2.52. The number of likely N-dealkylation sites (N-methyl/N-ethyl adjacent to an activating group) is 2. The highest BCUT2D eigenvalue weighted by molar-refractivity contribution is 7.80. The van der Waals surface area contributed by atoms with Crippen LogP contribution in [-0.2, 0) is 16.2 Å². The number of carbonyl (C=O) groups is 2. The Hall–Kier alpha value is -3.50. The van der Waals surface area contributed by atoms with Gasteiger partial charge in [-0.2, -0.15) is 0 Å². The van der Waals surface area contributed by atoms with Crippen molar-refractivity contribution in [2.24, 2.45) is 0 Å². The topological polar surface area (TPSA) is 102 Å². The van der Waals surface area contributed by atoms with Crippen LogP contribution < -0.4 is 9.47 Å². The minimum absolute atomic E-state index is 0.0203. The summed E-state index contributed by atoms with van der Waals surface area (Å²) in [6.07, 6.45) is 1.42. The number of non-ortho nitro benzene ring substituents is 1. The van der Waals surface area contributed by atoms with E-state index in [2.05, 4.69) is 0 Å². The molecule has 0 radical (unpaired) electrons. The highest BCUT2D eigenvalue weighted by Crippen LogP contribution is 2.38. The summed E-state index contributed by atoms with van der Waals surface area (Å²) in [5.74, 6) is -0.436. The van der Waals surface area contributed by atoms with Gasteiger partial charge in [-0.25, -0.2) is 0 Å². The summed E-state index contributed by atoms with van der Waals surface area (Å²) in [5, 5.41) is 11.1. The summed E-state index contributed by atoms with van der Waals surface area (Å²) in [6.45, 7) is 2.21. The average molecular weight is 490 g/mol. The average Bonchev–Trinajstić information content (AvgIpc) is 2.79. The molecule has 0 aliphatic carbocycles. The van der Waals surface area contributed by atoms with Crippen molar-refractivity contribution in [2.75, 3.05) is 20.7 Å². The molecule has 0 N–H and O–H groups in total. The summed E-state index contributed by atoms with van der Waals surface area (Å²) in [6, 6.07) is 9.11. The van der Waals surface area contributed by atoms with E-state index in [9.17, 15) is 19.7 Å². The lowest BCUT2D eigenvalue weighted by molar-refractivity contribution is -0.384. The van der Waals surface area contributed by atoms with Gasteiger partial charge in [-0.15, -0.1) is 0 Å². The van der Waals surface area contributed by atoms with Crippen LogP contribution in [0.3, 0.4) is 0 Å². The third-order valence-electron chi connectivity index (χ3n) is 4.82. The van der Waals surface area contributed by atoms with Gasteiger partial charge in [-0.3, -0.25) is 29.5 Å². The second-order valence-corrected chi connectivity index (χ2v) is 7.82. The van der Waals surface area contributed by atoms with E-state index in [4.69, 9.17) is 33.3 Å². The fourth-order valence-corrected chi connectivity index (χ4v) is 3.52. The Kier molecular flexibility index (Phi) is 7.29. The van der Waals surface area contributed by atoms with Crippen molar-refractivity contribution in [3.63, 3.8) is 0 Å². The molecule has 1 aliphatic rings. The zero-order chi connectivity index (χ0) is 24.3. The van der Waals surface area contributed by atoms with E-state index in [-0.39, 0.29) is 33.8 Å². The van der Waals surface area contributed by atoms with Crippen LogP contribution in [0.25, 0.3) is 6.08 Å². The van der Waals surface area contributed by atoms with Gasteiger partial charge in [0, 0.05) is 26.2 Å². The molecule has 0 spiro atoms. The zero-order valence-corrected chi connectivity index (χ0v) is 19.6. The van der Waals surface area contributed by atoms with Gasteiger partial charge in [0.05, 0.1) is 16.6 Å². The van der Waals surface area contributed by atoms with Gasteiger partial charge < -0.3 is 9.47 Å². The molecular weight excluding hydrogens is 470 g/mol. The largest absolute Gasteiger partial charge is 0.490 e. The number of halogens is 1. The molecular formula is C22H20ClN3O6S. The quantitative estimate of drug-likeness (QED) is 0.191. The van der Waals surface area contributed by atoms with Crippen molar-refractivity contribution < 1.29 is 24.0 Å². The van der Waals surface area contributed by atoms with E-state index in [1.807, 2.05) is 0 Å². The Labute approximate surface area is 200 Å². The first kappa shape index (κ1) is 24.1. The normalized spacial score (nSPS) is 13.9. The molecule has 172 valence electrons. The smallest absolute Gasteiger partial charge is 0.269 e. The maximum atomic E-state index is 12.6. The first-order valence-electron chi connectivity index (χ1n) is 9.78. The van der Waals surface area contributed by atoms with Crippen LogP contribution in [0.2, 0.25) is 5.02 Å². The number of nitro groups is 1. The van der Waals surface area contributed by atoms with E-state index in [1.165, 1.54) is 42.1 Å². The fraction of sp³-hybridized carbons (Fsp3) is 0.227. The Morgan fingerprint density at radius 1 is 1.09 bits per heavy atom. The van der Waals surface area contributed by atoms with Crippen molar-refractivity contribution in [3.8, 4) is 11.5 Å². The summed E-state index contributed by atoms with van der Waals surface area (Å²) in [4.78, 5) is 37.9. The van der Waals surface area contributed by atoms with Gasteiger partial charge >= 0.3 is 0 Å². The van der Waals surface area contributed by atoms with Gasteiger partial charge in [0.25, 0.3) is 17.5 Å². The molecule has 0 atom stereocenters. The van der Waals surface area contributed by atoms with Gasteiger partial charge in [0.15, 0.2) is 16.6 Å². The number of hydrogen-bond donors (Lipinski definition) is 0. The molecule has 9 nitrogen and oxygen atoms in total. The van der Waals surface area contributed by atoms with Gasteiger partial charge in [-0.05, 0) is 60.6 Å². The van der Waals surface area contributed by atoms with Crippen LogP contribution in [-0.4, -0.2) is 52.4 Å². The van der Waals surface area contributed by atoms with E-state index in [0.717, 1.165) is 0 Å². The van der Waals surface area contributed by atoms with Gasteiger partial charge in [-0.1, -0.05) is 11.6 Å². The Morgan fingerprint density at radius 2 is 1.70 bits per heavy atom. The maximum Gasteiger partial charge on any atom is 0.269 e. The second kappa shape index (κ2) is 9.97. The number of benzene rings is 2. The lowest BCUT2D eigenvalue weighted by atomic mass is 10.1. The first-order valence-corrected chi connectivity index (χ1v) is 10.6. The highest BCUT2D eigenvalue weighted by atomic mass is 35.5. The van der Waals surface area contributed by atoms with Crippen LogP contribution in [0, 0.1) is 10.1 Å². The number of nitro benzene ring substituents is 1. The van der Waals surface area contributed by atoms with Crippen LogP contribution in [0.15, 0.2) is 42.0 Å². The van der Waals surface area contributed by atoms with Crippen molar-refractivity contribution in [1.29, 1.82) is 0 Å². The summed E-state index contributed by atoms with van der Waals surface area (Å²) in [5.41, 5.74) is 1.09. The number of thiocarbonyl (C=S) groups is 1. The molecule has 11 heteroatoms. The summed E-state index contributed by atoms with van der Waals surface area (Å²) < 4.78 is 11.5. The number of carbonyl (C=O) groups excluding carboxylic acids is 2. The van der Waals surface area contributed by atoms with E-state index < -0.39 is 16.7 Å². The van der Waals surface area contributed by atoms with E-state index >= 15 is 0 Å². The minimum atomic E-state index is -0.518. The van der Waals surface area contributed by atoms with Crippen molar-refractivity contribution in [2.45, 2.75) is 13.5 Å². The third kappa shape index (κ3) is 5.12. The predicted molar refractivity (Wildman–Crippen MR) is 126 cm³/mol. The number of hydrogen-bond acceptors (Lipinski definition) is 7. The van der Waals surface area contributed by atoms with Crippen LogP contribution in [0.5, 0.6) is 11.5 Å². The maximum absolute atomic E-state index is 12.6. The number of nitrogens with zero attached hydrogens (tertiary/aromatic N) is 3. The Bertz CT molecular complexity index is 1140. The monoisotopic (exact) mass is 489 g/mol. The lowest BCUT2D eigenvalue weighted by Gasteiger charge is -2.31. The Balaban J connectivity index is 1.90. The molecule has 2 aromatic carbocycles. The highest BCUT2D eigenvalue weighted by Gasteiger charge is 2.35. The zero-order valence-electron chi connectivity index (χ0n) is 18.0. The molecule has 33 heavy (non-hydrogen) atoms. The molecule has 1 heterocycles. The molecule has 0 aromatic heterocycles. The van der Waals surface area contributed by atoms with Crippen LogP contribution in [0.4, 0.5) is 5.69 Å². The van der Waals surface area contributed by atoms with Gasteiger partial charge in [0.1, 0.15) is 12.2 Å². The number of ether oxygens (including phenoxy) is 2. The fourth-order valence-electron chi connectivity index (χ4n) is 3.09. The number of amides is 2. The Morgan fingerprint density at radius 3 is 2.24 bits per heavy atom. The van der Waals surface area contributed by atoms with Crippen molar-refractivity contribution >= 4 is 52.5 Å². The third-order valence-corrected chi connectivity index (χ3v) is 5.65. The minimum Gasteiger partial charge on any atom is -0.490 e. The van der Waals surface area contributed by atoms with Gasteiger partial charge in [0.2, 0.25) is 0 Å². The number of rotatable bonds is 7. The molecule has 1 aliphatic heterocycles. The van der Waals surface area contributed by atoms with Crippen molar-refractivity contribution in [1.82, 2.24) is 9.80 Å².